The summed E-state index contributed by atoms with van der Waals surface area (Å²) in [6, 6.07) is 3.58. The van der Waals surface area contributed by atoms with Crippen LogP contribution in [0.1, 0.15) is 62.6 Å². The Balaban J connectivity index is 1.27. The van der Waals surface area contributed by atoms with Crippen molar-refractivity contribution in [2.75, 3.05) is 11.9 Å². The van der Waals surface area contributed by atoms with Crippen LogP contribution in [0.15, 0.2) is 16.7 Å². The maximum atomic E-state index is 12.3. The van der Waals surface area contributed by atoms with Gasteiger partial charge in [-0.1, -0.05) is 5.16 Å². The minimum absolute atomic E-state index is 0.0834. The third-order valence-corrected chi connectivity index (χ3v) is 5.87. The number of hydrogen-bond acceptors (Lipinski definition) is 6. The summed E-state index contributed by atoms with van der Waals surface area (Å²) in [4.78, 5) is 26.3. The summed E-state index contributed by atoms with van der Waals surface area (Å²) >= 11 is 0. The Bertz CT molecular complexity index is 902. The number of aromatic amines is 1. The molecule has 1 saturated carbocycles. The molecule has 2 N–H and O–H groups in total. The molecule has 1 aliphatic heterocycles. The third kappa shape index (κ3) is 4.28. The first-order chi connectivity index (χ1) is 13.8. The van der Waals surface area contributed by atoms with E-state index in [0.717, 1.165) is 43.6 Å². The predicted molar refractivity (Wildman–Crippen MR) is 104 cm³/mol. The van der Waals surface area contributed by atoms with E-state index in [0.29, 0.717) is 11.6 Å². The lowest BCUT2D eigenvalue weighted by atomic mass is 9.90. The normalized spacial score (nSPS) is 22.9. The topological polar surface area (TPSA) is 113 Å². The summed E-state index contributed by atoms with van der Waals surface area (Å²) in [6.07, 6.45) is 3.31. The number of ether oxygens (including phenoxy) is 1. The van der Waals surface area contributed by atoms with Gasteiger partial charge >= 0.3 is 6.09 Å². The van der Waals surface area contributed by atoms with Crippen LogP contribution in [0, 0.1) is 6.92 Å². The molecule has 2 amide bonds. The summed E-state index contributed by atoms with van der Waals surface area (Å²) in [5.41, 5.74) is 1.58. The smallest absolute Gasteiger partial charge is 0.410 e. The Labute approximate surface area is 169 Å². The van der Waals surface area contributed by atoms with E-state index in [1.807, 2.05) is 13.0 Å². The Kier molecular flexibility index (Phi) is 5.06. The van der Waals surface area contributed by atoms with E-state index in [-0.39, 0.29) is 36.0 Å². The fraction of sp³-hybridized carbons (Fsp3) is 0.600. The highest BCUT2D eigenvalue weighted by molar-refractivity contribution is 5.91. The average Bonchev–Trinajstić information content (AvgIpc) is 3.36. The summed E-state index contributed by atoms with van der Waals surface area (Å²) in [5.74, 6) is 1.01. The Morgan fingerprint density at radius 1 is 1.38 bits per heavy atom. The summed E-state index contributed by atoms with van der Waals surface area (Å²) in [7, 11) is 0. The molecule has 1 unspecified atom stereocenters. The van der Waals surface area contributed by atoms with Crippen molar-refractivity contribution in [1.29, 1.82) is 0 Å². The number of aryl methyl sites for hydroxylation is 1. The van der Waals surface area contributed by atoms with E-state index in [4.69, 9.17) is 9.26 Å². The van der Waals surface area contributed by atoms with Crippen molar-refractivity contribution in [3.05, 3.63) is 29.3 Å². The van der Waals surface area contributed by atoms with Gasteiger partial charge in [0, 0.05) is 35.8 Å². The van der Waals surface area contributed by atoms with Gasteiger partial charge in [-0.15, -0.1) is 0 Å². The molecule has 9 nitrogen and oxygen atoms in total. The van der Waals surface area contributed by atoms with Crippen LogP contribution in [0.3, 0.4) is 0 Å². The molecule has 2 fully saturated rings. The van der Waals surface area contributed by atoms with Crippen molar-refractivity contribution in [3.8, 4) is 0 Å². The van der Waals surface area contributed by atoms with Crippen LogP contribution in [-0.4, -0.2) is 50.4 Å². The molecule has 2 atom stereocenters. The largest absolute Gasteiger partial charge is 0.446 e. The van der Waals surface area contributed by atoms with Gasteiger partial charge in [0.15, 0.2) is 5.82 Å². The number of rotatable bonds is 5. The van der Waals surface area contributed by atoms with Gasteiger partial charge in [-0.3, -0.25) is 9.89 Å². The Hall–Kier alpha value is -2.84. The monoisotopic (exact) mass is 401 g/mol. The van der Waals surface area contributed by atoms with Crippen molar-refractivity contribution in [3.63, 3.8) is 0 Å². The number of amides is 2. The minimum atomic E-state index is -0.216. The number of carbonyl (C=O) groups excluding carboxylic acids is 2. The highest BCUT2D eigenvalue weighted by Gasteiger charge is 2.41. The number of H-pyrrole nitrogens is 1. The molecule has 2 aromatic rings. The minimum Gasteiger partial charge on any atom is -0.446 e. The molecule has 1 aliphatic carbocycles. The van der Waals surface area contributed by atoms with Crippen molar-refractivity contribution in [2.45, 2.75) is 70.4 Å². The van der Waals surface area contributed by atoms with Gasteiger partial charge in [-0.25, -0.2) is 4.79 Å². The van der Waals surface area contributed by atoms with Gasteiger partial charge in [0.05, 0.1) is 12.1 Å². The number of carbonyl (C=O) groups is 2. The molecule has 0 aromatic carbocycles. The molecule has 2 aliphatic rings. The number of hydrogen-bond donors (Lipinski definition) is 2. The molecule has 1 saturated heterocycles. The maximum absolute atomic E-state index is 12.3. The van der Waals surface area contributed by atoms with Crippen LogP contribution >= 0.6 is 0 Å². The lowest BCUT2D eigenvalue weighted by Crippen LogP contribution is -2.58. The van der Waals surface area contributed by atoms with Crippen molar-refractivity contribution in [1.82, 2.24) is 20.3 Å². The number of likely N-dealkylation sites (tertiary alicyclic amines) is 1. The summed E-state index contributed by atoms with van der Waals surface area (Å²) < 4.78 is 10.8. The zero-order chi connectivity index (χ0) is 20.6. The zero-order valence-electron chi connectivity index (χ0n) is 17.0. The summed E-state index contributed by atoms with van der Waals surface area (Å²) in [5, 5.41) is 13.7. The molecule has 4 rings (SSSR count). The van der Waals surface area contributed by atoms with Crippen molar-refractivity contribution < 1.29 is 18.8 Å². The van der Waals surface area contributed by atoms with Gasteiger partial charge in [-0.05, 0) is 46.5 Å². The molecular formula is C20H27N5O4. The molecule has 9 heteroatoms. The fourth-order valence-electron chi connectivity index (χ4n) is 4.00. The first-order valence-corrected chi connectivity index (χ1v) is 10.1. The molecule has 156 valence electrons. The molecule has 0 bridgehead atoms. The van der Waals surface area contributed by atoms with Crippen molar-refractivity contribution in [2.24, 2.45) is 0 Å². The Morgan fingerprint density at radius 3 is 2.86 bits per heavy atom. The lowest BCUT2D eigenvalue weighted by Gasteiger charge is -2.47. The second-order valence-corrected chi connectivity index (χ2v) is 8.60. The number of nitrogens with zero attached hydrogens (tertiary/aromatic N) is 3. The van der Waals surface area contributed by atoms with Crippen LogP contribution in [0.5, 0.6) is 0 Å². The van der Waals surface area contributed by atoms with Crippen LogP contribution in [0.25, 0.3) is 0 Å². The fourth-order valence-corrected chi connectivity index (χ4v) is 4.00. The standard InChI is InChI=1S/C20H27N5O4/c1-12-8-15(29-24-12)10-18(26)21-17-11-16(22-23-17)13-4-5-14(9-13)28-19(27)25-7-6-20(25,2)3/h8,11,13-14H,4-7,9-10H2,1-3H3,(H2,21,22,23,26)/t13-,14?/m0/s1. The summed E-state index contributed by atoms with van der Waals surface area (Å²) in [6.45, 7) is 6.68. The van der Waals surface area contributed by atoms with Gasteiger partial charge in [0.2, 0.25) is 5.91 Å². The third-order valence-electron chi connectivity index (χ3n) is 5.87. The van der Waals surface area contributed by atoms with Gasteiger partial charge in [0.25, 0.3) is 0 Å². The number of nitrogens with one attached hydrogen (secondary N) is 2. The maximum Gasteiger partial charge on any atom is 0.410 e. The van der Waals surface area contributed by atoms with E-state index in [9.17, 15) is 9.59 Å². The van der Waals surface area contributed by atoms with Gasteiger partial charge in [-0.2, -0.15) is 5.10 Å². The number of anilines is 1. The number of aromatic nitrogens is 3. The molecule has 0 radical (unpaired) electrons. The Morgan fingerprint density at radius 2 is 2.21 bits per heavy atom. The van der Waals surface area contributed by atoms with E-state index in [1.165, 1.54) is 0 Å². The first kappa shape index (κ1) is 19.5. The van der Waals surface area contributed by atoms with E-state index >= 15 is 0 Å². The van der Waals surface area contributed by atoms with E-state index in [1.54, 1.807) is 11.0 Å². The van der Waals surface area contributed by atoms with Gasteiger partial charge in [0.1, 0.15) is 11.9 Å². The molecule has 2 aromatic heterocycles. The van der Waals surface area contributed by atoms with Crippen LogP contribution in [0.2, 0.25) is 0 Å². The van der Waals surface area contributed by atoms with Gasteiger partial charge < -0.3 is 19.5 Å². The second-order valence-electron chi connectivity index (χ2n) is 8.60. The predicted octanol–water partition coefficient (Wildman–Crippen LogP) is 3.14. The first-order valence-electron chi connectivity index (χ1n) is 10.1. The highest BCUT2D eigenvalue weighted by Crippen LogP contribution is 2.37. The van der Waals surface area contributed by atoms with E-state index < -0.39 is 0 Å². The quantitative estimate of drug-likeness (QED) is 0.796. The van der Waals surface area contributed by atoms with Crippen LogP contribution < -0.4 is 5.32 Å². The second kappa shape index (κ2) is 7.53. The van der Waals surface area contributed by atoms with E-state index in [2.05, 4.69) is 34.5 Å². The average molecular weight is 401 g/mol. The van der Waals surface area contributed by atoms with Crippen molar-refractivity contribution >= 4 is 17.8 Å². The molecule has 0 spiro atoms. The molecule has 3 heterocycles. The molecule has 29 heavy (non-hydrogen) atoms. The van der Waals surface area contributed by atoms with Crippen LogP contribution in [-0.2, 0) is 16.0 Å². The highest BCUT2D eigenvalue weighted by atomic mass is 16.6. The molecular weight excluding hydrogens is 374 g/mol. The zero-order valence-corrected chi connectivity index (χ0v) is 17.0. The lowest BCUT2D eigenvalue weighted by molar-refractivity contribution is -0.115. The van der Waals surface area contributed by atoms with Crippen LogP contribution in [0.4, 0.5) is 10.6 Å². The SMILES string of the molecule is Cc1cc(CC(=O)Nc2cc([C@H]3CCC(OC(=O)N4CCC4(C)C)C3)[nH]n2)on1.